The molecule has 0 radical (unpaired) electrons. The van der Waals surface area contributed by atoms with Gasteiger partial charge in [0.1, 0.15) is 5.54 Å². The topological polar surface area (TPSA) is 122 Å². The number of benzene rings is 4. The summed E-state index contributed by atoms with van der Waals surface area (Å²) in [6.07, 6.45) is 0. The second kappa shape index (κ2) is 12.0. The van der Waals surface area contributed by atoms with Crippen molar-refractivity contribution in [1.29, 1.82) is 0 Å². The molecule has 8 nitrogen and oxygen atoms in total. The van der Waals surface area contributed by atoms with Gasteiger partial charge in [-0.25, -0.2) is 0 Å². The van der Waals surface area contributed by atoms with Gasteiger partial charge in [0.05, 0.1) is 23.8 Å². The Bertz CT molecular complexity index is 1680. The molecular formula is C32H33Cl2N5O3. The standard InChI is InChI=1S/C32H32ClN5O3.ClH/c1-19-8-9-20-6-4-5-7-24(20)25(19)17-37-27-15-12-22(33)16-28(27)38(29(39)21-10-13-23(34)14-11-21)18-26(30(37)40)32(2,36-3)31(35)41;/h4-16,26,36H,17-18,34H2,1-3H3,(H2,35,41);1H/t26-,32?;/m1./s1. The number of hydrogen-bond acceptors (Lipinski definition) is 5. The van der Waals surface area contributed by atoms with Gasteiger partial charge >= 0.3 is 0 Å². The van der Waals surface area contributed by atoms with Gasteiger partial charge in [-0.05, 0) is 85.3 Å². The molecule has 0 saturated carbocycles. The van der Waals surface area contributed by atoms with Gasteiger partial charge in [0.15, 0.2) is 0 Å². The van der Waals surface area contributed by atoms with Crippen LogP contribution in [0.15, 0.2) is 78.9 Å². The molecule has 3 amide bonds. The molecule has 10 heteroatoms. The number of nitrogens with two attached hydrogens (primary N) is 2. The van der Waals surface area contributed by atoms with E-state index < -0.39 is 17.4 Å². The highest BCUT2D eigenvalue weighted by Crippen LogP contribution is 2.41. The number of nitrogen functional groups attached to an aromatic ring is 1. The summed E-state index contributed by atoms with van der Waals surface area (Å²) in [5, 5.41) is 5.43. The fourth-order valence-electron chi connectivity index (χ4n) is 5.46. The third-order valence-electron chi connectivity index (χ3n) is 8.17. The Labute approximate surface area is 256 Å². The van der Waals surface area contributed by atoms with E-state index in [9.17, 15) is 14.4 Å². The molecule has 0 aromatic heterocycles. The van der Waals surface area contributed by atoms with Crippen LogP contribution in [0.4, 0.5) is 17.1 Å². The van der Waals surface area contributed by atoms with E-state index in [-0.39, 0.29) is 37.3 Å². The molecule has 1 aliphatic rings. The number of primary amides is 1. The summed E-state index contributed by atoms with van der Waals surface area (Å²) in [7, 11) is 1.58. The summed E-state index contributed by atoms with van der Waals surface area (Å²) in [5.74, 6) is -2.44. The lowest BCUT2D eigenvalue weighted by atomic mass is 9.83. The zero-order valence-corrected chi connectivity index (χ0v) is 25.1. The lowest BCUT2D eigenvalue weighted by Gasteiger charge is -2.36. The normalized spacial score (nSPS) is 16.3. The van der Waals surface area contributed by atoms with Crippen LogP contribution in [0.25, 0.3) is 10.8 Å². The van der Waals surface area contributed by atoms with Gasteiger partial charge in [-0.15, -0.1) is 12.4 Å². The molecular weight excluding hydrogens is 573 g/mol. The van der Waals surface area contributed by atoms with E-state index in [1.165, 1.54) is 4.90 Å². The van der Waals surface area contributed by atoms with Gasteiger partial charge < -0.3 is 26.6 Å². The van der Waals surface area contributed by atoms with Crippen LogP contribution in [0.2, 0.25) is 5.02 Å². The van der Waals surface area contributed by atoms with Gasteiger partial charge in [-0.3, -0.25) is 14.4 Å². The number of amides is 3. The van der Waals surface area contributed by atoms with Gasteiger partial charge in [-0.1, -0.05) is 48.0 Å². The predicted octanol–water partition coefficient (Wildman–Crippen LogP) is 5.08. The highest BCUT2D eigenvalue weighted by Gasteiger charge is 2.49. The number of likely N-dealkylation sites (N-methyl/N-ethyl adjacent to an activating group) is 1. The molecule has 0 spiro atoms. The molecule has 0 bridgehead atoms. The molecule has 1 unspecified atom stereocenters. The zero-order chi connectivity index (χ0) is 29.5. The molecule has 1 aliphatic heterocycles. The summed E-state index contributed by atoms with van der Waals surface area (Å²) in [6.45, 7) is 3.69. The maximum Gasteiger partial charge on any atom is 0.258 e. The maximum absolute atomic E-state index is 14.6. The lowest BCUT2D eigenvalue weighted by molar-refractivity contribution is -0.133. The van der Waals surface area contributed by atoms with Crippen LogP contribution in [-0.2, 0) is 16.1 Å². The van der Waals surface area contributed by atoms with Crippen molar-refractivity contribution in [2.45, 2.75) is 25.9 Å². The number of hydrogen-bond donors (Lipinski definition) is 3. The first kappa shape index (κ1) is 30.8. The van der Waals surface area contributed by atoms with Gasteiger partial charge in [0.2, 0.25) is 11.8 Å². The fourth-order valence-corrected chi connectivity index (χ4v) is 5.62. The van der Waals surface area contributed by atoms with Crippen LogP contribution in [0.3, 0.4) is 0 Å². The first-order valence-corrected chi connectivity index (χ1v) is 13.7. The SMILES string of the molecule is CNC(C)(C(N)=O)[C@@H]1CN(C(=O)c2ccc(N)cc2)c2cc(Cl)ccc2N(Cc2c(C)ccc3ccccc23)C1=O.Cl. The third-order valence-corrected chi connectivity index (χ3v) is 8.41. The third kappa shape index (κ3) is 5.41. The summed E-state index contributed by atoms with van der Waals surface area (Å²) in [4.78, 5) is 44.6. The summed E-state index contributed by atoms with van der Waals surface area (Å²) >= 11 is 6.47. The van der Waals surface area contributed by atoms with Crippen molar-refractivity contribution in [3.05, 3.63) is 101 Å². The summed E-state index contributed by atoms with van der Waals surface area (Å²) in [5.41, 5.74) is 14.1. The number of rotatable bonds is 6. The van der Waals surface area contributed by atoms with E-state index >= 15 is 0 Å². The Kier molecular flexibility index (Phi) is 8.82. The van der Waals surface area contributed by atoms with Crippen molar-refractivity contribution in [2.24, 2.45) is 11.7 Å². The van der Waals surface area contributed by atoms with Gasteiger partial charge in [0.25, 0.3) is 5.91 Å². The molecule has 5 rings (SSSR count). The minimum Gasteiger partial charge on any atom is -0.399 e. The molecule has 0 fully saturated rings. The lowest BCUT2D eigenvalue weighted by Crippen LogP contribution is -2.63. The highest BCUT2D eigenvalue weighted by molar-refractivity contribution is 6.31. The second-order valence-corrected chi connectivity index (χ2v) is 11.0. The second-order valence-electron chi connectivity index (χ2n) is 10.5. The smallest absolute Gasteiger partial charge is 0.258 e. The number of halogens is 2. The quantitative estimate of drug-likeness (QED) is 0.265. The highest BCUT2D eigenvalue weighted by atomic mass is 35.5. The van der Waals surface area contributed by atoms with Crippen LogP contribution < -0.4 is 26.6 Å². The van der Waals surface area contributed by atoms with Crippen molar-refractivity contribution >= 4 is 69.6 Å². The van der Waals surface area contributed by atoms with Crippen molar-refractivity contribution < 1.29 is 14.4 Å². The molecule has 1 heterocycles. The number of carbonyl (C=O) groups is 3. The number of anilines is 3. The van der Waals surface area contributed by atoms with E-state index in [0.29, 0.717) is 27.6 Å². The first-order chi connectivity index (χ1) is 19.5. The van der Waals surface area contributed by atoms with Crippen LogP contribution in [0.1, 0.15) is 28.4 Å². The molecule has 2 atom stereocenters. The molecule has 0 saturated heterocycles. The molecule has 4 aromatic carbocycles. The summed E-state index contributed by atoms with van der Waals surface area (Å²) < 4.78 is 0. The minimum absolute atomic E-state index is 0. The minimum atomic E-state index is -1.46. The first-order valence-electron chi connectivity index (χ1n) is 13.3. The maximum atomic E-state index is 14.6. The summed E-state index contributed by atoms with van der Waals surface area (Å²) in [6, 6.07) is 23.7. The average molecular weight is 607 g/mol. The predicted molar refractivity (Wildman–Crippen MR) is 171 cm³/mol. The average Bonchev–Trinajstić information content (AvgIpc) is 3.08. The molecule has 0 aliphatic carbocycles. The Morgan fingerprint density at radius 1 is 1.02 bits per heavy atom. The van der Waals surface area contributed by atoms with Crippen LogP contribution in [0.5, 0.6) is 0 Å². The Hall–Kier alpha value is -4.11. The number of nitrogens with one attached hydrogen (secondary N) is 1. The zero-order valence-electron chi connectivity index (χ0n) is 23.6. The van der Waals surface area contributed by atoms with Crippen molar-refractivity contribution in [2.75, 3.05) is 29.1 Å². The van der Waals surface area contributed by atoms with Crippen molar-refractivity contribution in [3.8, 4) is 0 Å². The molecule has 4 aromatic rings. The largest absolute Gasteiger partial charge is 0.399 e. The van der Waals surface area contributed by atoms with Gasteiger partial charge in [0, 0.05) is 22.8 Å². The van der Waals surface area contributed by atoms with E-state index in [2.05, 4.69) is 5.32 Å². The van der Waals surface area contributed by atoms with Crippen LogP contribution >= 0.6 is 24.0 Å². The Morgan fingerprint density at radius 3 is 2.38 bits per heavy atom. The molecule has 218 valence electrons. The number of fused-ring (bicyclic) bond motifs is 2. The molecule has 42 heavy (non-hydrogen) atoms. The van der Waals surface area contributed by atoms with Gasteiger partial charge in [-0.2, -0.15) is 0 Å². The van der Waals surface area contributed by atoms with E-state index in [4.69, 9.17) is 23.1 Å². The van der Waals surface area contributed by atoms with Crippen molar-refractivity contribution in [3.63, 3.8) is 0 Å². The van der Waals surface area contributed by atoms with Crippen LogP contribution in [0, 0.1) is 12.8 Å². The van der Waals surface area contributed by atoms with E-state index in [0.717, 1.165) is 21.9 Å². The Balaban J connectivity index is 0.00000405. The number of nitrogens with zero attached hydrogens (tertiary/aromatic N) is 2. The van der Waals surface area contributed by atoms with Crippen LogP contribution in [-0.4, -0.2) is 36.9 Å². The van der Waals surface area contributed by atoms with E-state index in [1.807, 2.05) is 43.3 Å². The van der Waals surface area contributed by atoms with E-state index in [1.54, 1.807) is 61.3 Å². The Morgan fingerprint density at radius 2 is 1.71 bits per heavy atom. The number of aryl methyl sites for hydroxylation is 1. The molecule has 5 N–H and O–H groups in total. The monoisotopic (exact) mass is 605 g/mol. The van der Waals surface area contributed by atoms with Crippen molar-refractivity contribution in [1.82, 2.24) is 5.32 Å². The fraction of sp³-hybridized carbons (Fsp3) is 0.219. The number of carbonyl (C=O) groups excluding carboxylic acids is 3.